The van der Waals surface area contributed by atoms with Crippen LogP contribution in [-0.4, -0.2) is 65.0 Å². The molecule has 2 aliphatic heterocycles. The lowest BCUT2D eigenvalue weighted by atomic mass is 9.79. The summed E-state index contributed by atoms with van der Waals surface area (Å²) < 4.78 is 1.90. The predicted octanol–water partition coefficient (Wildman–Crippen LogP) is 1.01. The number of hydrogen-bond donors (Lipinski definition) is 1. The Kier molecular flexibility index (Phi) is 3.79. The third-order valence-corrected chi connectivity index (χ3v) is 5.00. The highest BCUT2D eigenvalue weighted by molar-refractivity contribution is 6.31. The molecule has 6 heteroatoms. The molecule has 2 bridgehead atoms. The number of aromatic nitrogens is 2. The molecule has 1 aromatic rings. The Labute approximate surface area is 125 Å². The minimum Gasteiger partial charge on any atom is -0.383 e. The van der Waals surface area contributed by atoms with Gasteiger partial charge in [0.15, 0.2) is 0 Å². The highest BCUT2D eigenvalue weighted by atomic mass is 35.5. The second-order valence-electron chi connectivity index (χ2n) is 6.33. The van der Waals surface area contributed by atoms with Crippen LogP contribution in [-0.2, 0) is 12.1 Å². The van der Waals surface area contributed by atoms with Crippen LogP contribution in [0.5, 0.6) is 0 Å². The third kappa shape index (κ3) is 2.37. The minimum absolute atomic E-state index is 0.281. The van der Waals surface area contributed by atoms with Crippen molar-refractivity contribution in [1.82, 2.24) is 19.6 Å². The Bertz CT molecular complexity index is 490. The molecule has 3 heterocycles. The third-order valence-electron chi connectivity index (χ3n) is 4.72. The number of hydrogen-bond acceptors (Lipinski definition) is 4. The topological polar surface area (TPSA) is 44.5 Å². The normalized spacial score (nSPS) is 33.0. The van der Waals surface area contributed by atoms with Crippen LogP contribution in [0.25, 0.3) is 0 Å². The van der Waals surface area contributed by atoms with Gasteiger partial charge in [0, 0.05) is 25.6 Å². The molecule has 3 unspecified atom stereocenters. The van der Waals surface area contributed by atoms with E-state index in [1.54, 1.807) is 6.20 Å². The van der Waals surface area contributed by atoms with E-state index < -0.39 is 5.60 Å². The number of likely N-dealkylation sites (N-methyl/N-ethyl adjacent to an activating group) is 1. The average Bonchev–Trinajstić information content (AvgIpc) is 2.98. The van der Waals surface area contributed by atoms with Gasteiger partial charge in [-0.3, -0.25) is 4.68 Å². The molecule has 0 radical (unpaired) electrons. The van der Waals surface area contributed by atoms with Gasteiger partial charge in [0.25, 0.3) is 0 Å². The first-order valence-electron chi connectivity index (χ1n) is 7.32. The van der Waals surface area contributed by atoms with Gasteiger partial charge in [0.1, 0.15) is 5.60 Å². The zero-order valence-electron chi connectivity index (χ0n) is 12.2. The van der Waals surface area contributed by atoms with E-state index >= 15 is 0 Å². The van der Waals surface area contributed by atoms with E-state index in [1.807, 2.05) is 18.8 Å². The molecule has 3 rings (SSSR count). The molecule has 0 spiro atoms. The van der Waals surface area contributed by atoms with Crippen molar-refractivity contribution in [3.05, 3.63) is 16.9 Å². The van der Waals surface area contributed by atoms with Gasteiger partial charge in [-0.25, -0.2) is 0 Å². The molecule has 0 amide bonds. The Morgan fingerprint density at radius 2 is 2.30 bits per heavy atom. The first-order valence-corrected chi connectivity index (χ1v) is 7.70. The van der Waals surface area contributed by atoms with Crippen LogP contribution in [0.2, 0.25) is 5.02 Å². The first-order chi connectivity index (χ1) is 9.50. The summed E-state index contributed by atoms with van der Waals surface area (Å²) in [6.07, 6.45) is 3.47. The van der Waals surface area contributed by atoms with Gasteiger partial charge in [-0.15, -0.1) is 0 Å². The van der Waals surface area contributed by atoms with Crippen LogP contribution in [0.15, 0.2) is 6.20 Å². The Morgan fingerprint density at radius 1 is 1.50 bits per heavy atom. The number of piperidine rings is 1. The molecule has 2 aliphatic rings. The number of rotatable bonds is 4. The lowest BCUT2D eigenvalue weighted by Crippen LogP contribution is -2.45. The van der Waals surface area contributed by atoms with Gasteiger partial charge in [-0.1, -0.05) is 11.6 Å². The molecular formula is C14H23ClN4O. The van der Waals surface area contributed by atoms with Crippen LogP contribution >= 0.6 is 11.6 Å². The number of halogens is 1. The summed E-state index contributed by atoms with van der Waals surface area (Å²) in [4.78, 5) is 4.54. The molecule has 0 aromatic carbocycles. The van der Waals surface area contributed by atoms with Gasteiger partial charge >= 0.3 is 0 Å². The fourth-order valence-electron chi connectivity index (χ4n) is 3.53. The van der Waals surface area contributed by atoms with Crippen LogP contribution in [0, 0.1) is 5.92 Å². The summed E-state index contributed by atoms with van der Waals surface area (Å²) in [7, 11) is 4.07. The number of nitrogens with zero attached hydrogens (tertiary/aromatic N) is 4. The molecule has 5 nitrogen and oxygen atoms in total. The molecule has 1 N–H and O–H groups in total. The maximum Gasteiger partial charge on any atom is 0.113 e. The van der Waals surface area contributed by atoms with Gasteiger partial charge in [0.05, 0.1) is 23.5 Å². The van der Waals surface area contributed by atoms with Crippen molar-refractivity contribution in [2.45, 2.75) is 25.0 Å². The zero-order valence-corrected chi connectivity index (χ0v) is 13.0. The first kappa shape index (κ1) is 14.3. The fourth-order valence-corrected chi connectivity index (χ4v) is 3.83. The van der Waals surface area contributed by atoms with Crippen molar-refractivity contribution < 1.29 is 5.11 Å². The second-order valence-corrected chi connectivity index (χ2v) is 6.74. The fraction of sp³-hybridized carbons (Fsp3) is 0.786. The molecule has 3 atom stereocenters. The Hall–Kier alpha value is -0.620. The van der Waals surface area contributed by atoms with E-state index in [2.05, 4.69) is 14.9 Å². The predicted molar refractivity (Wildman–Crippen MR) is 78.9 cm³/mol. The lowest BCUT2D eigenvalue weighted by Gasteiger charge is -2.39. The largest absolute Gasteiger partial charge is 0.383 e. The monoisotopic (exact) mass is 298 g/mol. The molecule has 20 heavy (non-hydrogen) atoms. The molecule has 2 saturated heterocycles. The molecule has 2 fully saturated rings. The number of aliphatic hydroxyl groups is 1. The molecule has 1 aromatic heterocycles. The van der Waals surface area contributed by atoms with E-state index in [0.717, 1.165) is 51.3 Å². The van der Waals surface area contributed by atoms with Crippen molar-refractivity contribution in [1.29, 1.82) is 0 Å². The maximum absolute atomic E-state index is 11.3. The summed E-state index contributed by atoms with van der Waals surface area (Å²) in [5.74, 6) is 0.281. The number of fused-ring (bicyclic) bond motifs is 2. The van der Waals surface area contributed by atoms with E-state index in [0.29, 0.717) is 5.02 Å². The molecule has 0 saturated carbocycles. The standard InChI is InChI=1S/C14H23ClN4O/c1-17(2)7-8-19-13(12(15)9-16-19)14(20)4-6-18-5-3-11(14)10-18/h9,11,20H,3-8,10H2,1-2H3. The van der Waals surface area contributed by atoms with Crippen molar-refractivity contribution in [3.8, 4) is 0 Å². The van der Waals surface area contributed by atoms with E-state index in [9.17, 15) is 5.11 Å². The van der Waals surface area contributed by atoms with Gasteiger partial charge in [-0.05, 0) is 33.5 Å². The molecule has 0 aliphatic carbocycles. The van der Waals surface area contributed by atoms with Gasteiger partial charge in [-0.2, -0.15) is 5.10 Å². The highest BCUT2D eigenvalue weighted by Gasteiger charge is 2.48. The van der Waals surface area contributed by atoms with Crippen LogP contribution in [0.3, 0.4) is 0 Å². The van der Waals surface area contributed by atoms with Crippen LogP contribution in [0.4, 0.5) is 0 Å². The quantitative estimate of drug-likeness (QED) is 0.901. The zero-order chi connectivity index (χ0) is 14.3. The SMILES string of the molecule is CN(C)CCn1ncc(Cl)c1C1(O)CCN2CCC1C2. The second kappa shape index (κ2) is 5.30. The van der Waals surface area contributed by atoms with E-state index in [4.69, 9.17) is 11.6 Å². The van der Waals surface area contributed by atoms with Crippen molar-refractivity contribution in [3.63, 3.8) is 0 Å². The van der Waals surface area contributed by atoms with Gasteiger partial charge in [0.2, 0.25) is 0 Å². The smallest absolute Gasteiger partial charge is 0.113 e. The summed E-state index contributed by atoms with van der Waals surface area (Å²) in [6, 6.07) is 0. The lowest BCUT2D eigenvalue weighted by molar-refractivity contribution is -0.0571. The van der Waals surface area contributed by atoms with Crippen LogP contribution < -0.4 is 0 Å². The average molecular weight is 299 g/mol. The molecular weight excluding hydrogens is 276 g/mol. The van der Waals surface area contributed by atoms with Crippen LogP contribution in [0.1, 0.15) is 18.5 Å². The maximum atomic E-state index is 11.3. The van der Waals surface area contributed by atoms with E-state index in [1.165, 1.54) is 0 Å². The summed E-state index contributed by atoms with van der Waals surface area (Å²) in [6.45, 7) is 4.66. The summed E-state index contributed by atoms with van der Waals surface area (Å²) >= 11 is 6.35. The Morgan fingerprint density at radius 3 is 3.05 bits per heavy atom. The van der Waals surface area contributed by atoms with Crippen molar-refractivity contribution >= 4 is 11.6 Å². The summed E-state index contributed by atoms with van der Waals surface area (Å²) in [5, 5.41) is 16.2. The molecule has 112 valence electrons. The van der Waals surface area contributed by atoms with E-state index in [-0.39, 0.29) is 5.92 Å². The minimum atomic E-state index is -0.813. The Balaban J connectivity index is 1.90. The summed E-state index contributed by atoms with van der Waals surface area (Å²) in [5.41, 5.74) is 0.0138. The highest BCUT2D eigenvalue weighted by Crippen LogP contribution is 2.44. The van der Waals surface area contributed by atoms with Gasteiger partial charge < -0.3 is 14.9 Å². The van der Waals surface area contributed by atoms with Crippen molar-refractivity contribution in [2.24, 2.45) is 5.92 Å². The van der Waals surface area contributed by atoms with Crippen molar-refractivity contribution in [2.75, 3.05) is 40.3 Å².